The van der Waals surface area contributed by atoms with Crippen LogP contribution in [0.25, 0.3) is 0 Å². The Kier molecular flexibility index (Phi) is 5.71. The third-order valence-corrected chi connectivity index (χ3v) is 4.35. The van der Waals surface area contributed by atoms with E-state index in [-0.39, 0.29) is 22.6 Å². The molecule has 5 nitrogen and oxygen atoms in total. The van der Waals surface area contributed by atoms with Gasteiger partial charge in [-0.2, -0.15) is 0 Å². The number of rotatable bonds is 1. The number of piperazine rings is 1. The topological polar surface area (TPSA) is 49.9 Å². The Hall–Kier alpha value is -1.70. The van der Waals surface area contributed by atoms with Gasteiger partial charge in [0.15, 0.2) is 11.6 Å². The molecule has 0 N–H and O–H groups in total. The third kappa shape index (κ3) is 4.68. The summed E-state index contributed by atoms with van der Waals surface area (Å²) in [6.07, 6.45) is -0.428. The van der Waals surface area contributed by atoms with E-state index in [1.165, 1.54) is 11.0 Å². The molecular weight excluding hydrogens is 398 g/mol. The molecule has 8 heteroatoms. The van der Waals surface area contributed by atoms with E-state index in [1.807, 2.05) is 6.92 Å². The molecule has 0 spiro atoms. The minimum Gasteiger partial charge on any atom is -0.444 e. The maximum Gasteiger partial charge on any atom is 0.410 e. The average Bonchev–Trinajstić information content (AvgIpc) is 2.49. The number of hydrogen-bond donors (Lipinski definition) is 0. The molecule has 1 aromatic carbocycles. The smallest absolute Gasteiger partial charge is 0.410 e. The van der Waals surface area contributed by atoms with Crippen molar-refractivity contribution in [3.8, 4) is 0 Å². The summed E-state index contributed by atoms with van der Waals surface area (Å²) in [6.45, 7) is 8.06. The number of ether oxygens (including phenoxy) is 1. The summed E-state index contributed by atoms with van der Waals surface area (Å²) in [6, 6.07) is 1.89. The molecule has 25 heavy (non-hydrogen) atoms. The molecule has 1 aliphatic rings. The highest BCUT2D eigenvalue weighted by molar-refractivity contribution is 9.10. The maximum atomic E-state index is 13.5. The molecule has 138 valence electrons. The van der Waals surface area contributed by atoms with Crippen molar-refractivity contribution in [1.82, 2.24) is 9.80 Å². The fraction of sp³-hybridized carbons (Fsp3) is 0.529. The highest BCUT2D eigenvalue weighted by atomic mass is 79.9. The van der Waals surface area contributed by atoms with Crippen LogP contribution in [0.1, 0.15) is 38.1 Å². The summed E-state index contributed by atoms with van der Waals surface area (Å²) in [7, 11) is 0. The van der Waals surface area contributed by atoms with E-state index in [1.54, 1.807) is 25.7 Å². The van der Waals surface area contributed by atoms with Crippen LogP contribution in [0, 0.1) is 11.6 Å². The van der Waals surface area contributed by atoms with Crippen LogP contribution in [0.4, 0.5) is 13.6 Å². The predicted octanol–water partition coefficient (Wildman–Crippen LogP) is 3.81. The quantitative estimate of drug-likeness (QED) is 0.651. The summed E-state index contributed by atoms with van der Waals surface area (Å²) >= 11 is 2.90. The van der Waals surface area contributed by atoms with E-state index in [0.717, 1.165) is 6.07 Å². The maximum absolute atomic E-state index is 13.5. The number of halogens is 3. The Morgan fingerprint density at radius 2 is 1.88 bits per heavy atom. The molecule has 2 amide bonds. The van der Waals surface area contributed by atoms with Gasteiger partial charge in [0, 0.05) is 31.2 Å². The zero-order valence-corrected chi connectivity index (χ0v) is 16.2. The van der Waals surface area contributed by atoms with Crippen molar-refractivity contribution in [2.45, 2.75) is 39.3 Å². The number of benzene rings is 1. The van der Waals surface area contributed by atoms with Crippen LogP contribution in [-0.2, 0) is 4.74 Å². The molecular formula is C17H21BrF2N2O3. The van der Waals surface area contributed by atoms with Crippen molar-refractivity contribution in [1.29, 1.82) is 0 Å². The Morgan fingerprint density at radius 1 is 1.24 bits per heavy atom. The molecule has 1 saturated heterocycles. The second-order valence-electron chi connectivity index (χ2n) is 7.03. The molecule has 1 aliphatic heterocycles. The van der Waals surface area contributed by atoms with Gasteiger partial charge in [0.2, 0.25) is 0 Å². The van der Waals surface area contributed by atoms with Crippen molar-refractivity contribution < 1.29 is 23.1 Å². The molecule has 0 aliphatic carbocycles. The van der Waals surface area contributed by atoms with Gasteiger partial charge < -0.3 is 14.5 Å². The molecule has 0 aromatic heterocycles. The Bertz CT molecular complexity index is 668. The molecule has 1 atom stereocenters. The van der Waals surface area contributed by atoms with Gasteiger partial charge in [0.05, 0.1) is 4.47 Å². The summed E-state index contributed by atoms with van der Waals surface area (Å²) in [5.41, 5.74) is -0.537. The van der Waals surface area contributed by atoms with Crippen LogP contribution < -0.4 is 0 Å². The first kappa shape index (κ1) is 19.6. The lowest BCUT2D eigenvalue weighted by atomic mass is 10.1. The van der Waals surface area contributed by atoms with Crippen LogP contribution in [-0.4, -0.2) is 53.1 Å². The first-order chi connectivity index (χ1) is 11.5. The monoisotopic (exact) mass is 418 g/mol. The molecule has 1 fully saturated rings. The molecule has 0 saturated carbocycles. The lowest BCUT2D eigenvalue weighted by Crippen LogP contribution is -2.56. The molecule has 1 unspecified atom stereocenters. The van der Waals surface area contributed by atoms with Crippen LogP contribution in [0.5, 0.6) is 0 Å². The van der Waals surface area contributed by atoms with Crippen LogP contribution in [0.3, 0.4) is 0 Å². The molecule has 0 bridgehead atoms. The third-order valence-electron chi connectivity index (χ3n) is 3.77. The number of carbonyl (C=O) groups excluding carboxylic acids is 2. The van der Waals surface area contributed by atoms with Crippen LogP contribution in [0.2, 0.25) is 0 Å². The van der Waals surface area contributed by atoms with Gasteiger partial charge in [0.1, 0.15) is 5.60 Å². The predicted molar refractivity (Wildman–Crippen MR) is 92.4 cm³/mol. The molecule has 1 heterocycles. The number of carbonyl (C=O) groups is 2. The van der Waals surface area contributed by atoms with E-state index in [9.17, 15) is 18.4 Å². The molecule has 0 radical (unpaired) electrons. The first-order valence-corrected chi connectivity index (χ1v) is 8.72. The van der Waals surface area contributed by atoms with Gasteiger partial charge in [-0.1, -0.05) is 0 Å². The normalized spacial score (nSPS) is 18.3. The van der Waals surface area contributed by atoms with Gasteiger partial charge in [-0.25, -0.2) is 13.6 Å². The summed E-state index contributed by atoms with van der Waals surface area (Å²) < 4.78 is 32.1. The van der Waals surface area contributed by atoms with E-state index >= 15 is 0 Å². The van der Waals surface area contributed by atoms with Gasteiger partial charge in [-0.05, 0) is 55.8 Å². The molecule has 2 rings (SSSR count). The largest absolute Gasteiger partial charge is 0.444 e. The Labute approximate surface area is 154 Å². The van der Waals surface area contributed by atoms with Crippen LogP contribution >= 0.6 is 15.9 Å². The SMILES string of the molecule is CC1CN(C(=O)c2cc(F)c(F)c(Br)c2)CCN1C(=O)OC(C)(C)C. The summed E-state index contributed by atoms with van der Waals surface area (Å²) in [5, 5.41) is 0. The van der Waals surface area contributed by atoms with Crippen molar-refractivity contribution in [2.24, 2.45) is 0 Å². The van der Waals surface area contributed by atoms with Crippen molar-refractivity contribution in [3.05, 3.63) is 33.8 Å². The van der Waals surface area contributed by atoms with Gasteiger partial charge in [-0.15, -0.1) is 0 Å². The standard InChI is InChI=1S/C17H21BrF2N2O3/c1-10-9-21(5-6-22(10)16(24)25-17(2,3)4)15(23)11-7-12(18)14(20)13(19)8-11/h7-8,10H,5-6,9H2,1-4H3. The second-order valence-corrected chi connectivity index (χ2v) is 7.88. The minimum atomic E-state index is -1.09. The fourth-order valence-corrected chi connectivity index (χ4v) is 3.03. The van der Waals surface area contributed by atoms with Crippen molar-refractivity contribution >= 4 is 27.9 Å². The highest BCUT2D eigenvalue weighted by Gasteiger charge is 2.33. The van der Waals surface area contributed by atoms with Gasteiger partial charge in [0.25, 0.3) is 5.91 Å². The number of hydrogen-bond acceptors (Lipinski definition) is 3. The summed E-state index contributed by atoms with van der Waals surface area (Å²) in [5.74, 6) is -2.52. The lowest BCUT2D eigenvalue weighted by molar-refractivity contribution is 0.00198. The minimum absolute atomic E-state index is 0.0590. The number of amides is 2. The van der Waals surface area contributed by atoms with E-state index in [0.29, 0.717) is 13.1 Å². The fourth-order valence-electron chi connectivity index (χ4n) is 2.60. The lowest BCUT2D eigenvalue weighted by Gasteiger charge is -2.40. The highest BCUT2D eigenvalue weighted by Crippen LogP contribution is 2.23. The summed E-state index contributed by atoms with van der Waals surface area (Å²) in [4.78, 5) is 27.8. The van der Waals surface area contributed by atoms with E-state index in [2.05, 4.69) is 15.9 Å². The first-order valence-electron chi connectivity index (χ1n) is 7.93. The average molecular weight is 419 g/mol. The van der Waals surface area contributed by atoms with Crippen molar-refractivity contribution in [3.63, 3.8) is 0 Å². The molecule has 1 aromatic rings. The second kappa shape index (κ2) is 7.27. The number of nitrogens with zero attached hydrogens (tertiary/aromatic N) is 2. The van der Waals surface area contributed by atoms with Crippen LogP contribution in [0.15, 0.2) is 16.6 Å². The Balaban J connectivity index is 2.07. The van der Waals surface area contributed by atoms with Crippen molar-refractivity contribution in [2.75, 3.05) is 19.6 Å². The zero-order chi connectivity index (χ0) is 18.9. The zero-order valence-electron chi connectivity index (χ0n) is 14.6. The van der Waals surface area contributed by atoms with E-state index in [4.69, 9.17) is 4.74 Å². The van der Waals surface area contributed by atoms with Gasteiger partial charge >= 0.3 is 6.09 Å². The van der Waals surface area contributed by atoms with E-state index < -0.39 is 29.2 Å². The van der Waals surface area contributed by atoms with Gasteiger partial charge in [-0.3, -0.25) is 4.79 Å². The Morgan fingerprint density at radius 3 is 2.40 bits per heavy atom.